The van der Waals surface area contributed by atoms with Crippen LogP contribution in [0.1, 0.15) is 6.42 Å². The fourth-order valence-electron chi connectivity index (χ4n) is 1.15. The lowest BCUT2D eigenvalue weighted by Gasteiger charge is -2.17. The van der Waals surface area contributed by atoms with Crippen molar-refractivity contribution in [3.63, 3.8) is 0 Å². The summed E-state index contributed by atoms with van der Waals surface area (Å²) < 4.78 is 12.9. The van der Waals surface area contributed by atoms with Crippen molar-refractivity contribution in [1.29, 1.82) is 5.26 Å². The molecule has 0 aromatic heterocycles. The van der Waals surface area contributed by atoms with E-state index in [4.69, 9.17) is 22.0 Å². The fraction of sp³-hybridized carbons (Fsp3) is 0.200. The van der Waals surface area contributed by atoms with Crippen LogP contribution in [-0.4, -0.2) is 17.7 Å². The first-order chi connectivity index (χ1) is 7.56. The normalized spacial score (nSPS) is 9.56. The van der Waals surface area contributed by atoms with Crippen LogP contribution >= 0.6 is 11.6 Å². The highest BCUT2D eigenvalue weighted by molar-refractivity contribution is 6.31. The average molecular weight is 243 g/mol. The number of carbonyl (C=O) groups is 1. The number of anilines is 1. The van der Waals surface area contributed by atoms with Crippen molar-refractivity contribution in [3.05, 3.63) is 29.0 Å². The molecule has 0 fully saturated rings. The molecule has 0 unspecified atom stereocenters. The number of amides is 1. The highest BCUT2D eigenvalue weighted by atomic mass is 35.5. The standard InChI is InChI=1S/C10H8ClFN2O2/c11-8-6-7(2-3-9(8)12)14(10(15)16)5-1-4-13/h2-3,6H,1,5H2,(H,15,16). The molecule has 4 nitrogen and oxygen atoms in total. The van der Waals surface area contributed by atoms with Crippen LogP contribution in [0.3, 0.4) is 0 Å². The van der Waals surface area contributed by atoms with Gasteiger partial charge < -0.3 is 5.11 Å². The molecule has 0 atom stereocenters. The molecule has 1 aromatic rings. The molecular weight excluding hydrogens is 235 g/mol. The summed E-state index contributed by atoms with van der Waals surface area (Å²) in [4.78, 5) is 11.8. The highest BCUT2D eigenvalue weighted by Gasteiger charge is 2.15. The maximum atomic E-state index is 12.9. The third-order valence-electron chi connectivity index (χ3n) is 1.89. The molecule has 16 heavy (non-hydrogen) atoms. The van der Waals surface area contributed by atoms with Crippen LogP contribution in [0.25, 0.3) is 0 Å². The predicted molar refractivity (Wildman–Crippen MR) is 57.0 cm³/mol. The van der Waals surface area contributed by atoms with E-state index in [1.165, 1.54) is 12.1 Å². The van der Waals surface area contributed by atoms with Gasteiger partial charge in [0.05, 0.1) is 17.5 Å². The first kappa shape index (κ1) is 12.3. The monoisotopic (exact) mass is 242 g/mol. The van der Waals surface area contributed by atoms with E-state index in [1.807, 2.05) is 6.07 Å². The maximum Gasteiger partial charge on any atom is 0.411 e. The van der Waals surface area contributed by atoms with Crippen molar-refractivity contribution in [1.82, 2.24) is 0 Å². The summed E-state index contributed by atoms with van der Waals surface area (Å²) in [6, 6.07) is 5.43. The average Bonchev–Trinajstić information content (AvgIpc) is 2.23. The minimum Gasteiger partial charge on any atom is -0.465 e. The molecule has 1 aromatic carbocycles. The molecule has 1 N–H and O–H groups in total. The van der Waals surface area contributed by atoms with Gasteiger partial charge >= 0.3 is 6.09 Å². The molecular formula is C10H8ClFN2O2. The van der Waals surface area contributed by atoms with Crippen LogP contribution < -0.4 is 4.90 Å². The summed E-state index contributed by atoms with van der Waals surface area (Å²) in [5.74, 6) is -0.615. The summed E-state index contributed by atoms with van der Waals surface area (Å²) in [6.45, 7) is 0.0216. The number of nitrogens with zero attached hydrogens (tertiary/aromatic N) is 2. The Morgan fingerprint density at radius 1 is 1.62 bits per heavy atom. The SMILES string of the molecule is N#CCCN(C(=O)O)c1ccc(F)c(Cl)c1. The lowest BCUT2D eigenvalue weighted by Crippen LogP contribution is -2.30. The number of hydrogen-bond acceptors (Lipinski definition) is 2. The van der Waals surface area contributed by atoms with E-state index >= 15 is 0 Å². The number of rotatable bonds is 3. The van der Waals surface area contributed by atoms with Crippen molar-refractivity contribution in [2.75, 3.05) is 11.4 Å². The highest BCUT2D eigenvalue weighted by Crippen LogP contribution is 2.22. The molecule has 6 heteroatoms. The molecule has 0 aliphatic rings. The Balaban J connectivity index is 2.97. The minimum absolute atomic E-state index is 0.0216. The zero-order valence-corrected chi connectivity index (χ0v) is 8.91. The number of carboxylic acid groups (broad SMARTS) is 1. The smallest absolute Gasteiger partial charge is 0.411 e. The Morgan fingerprint density at radius 3 is 2.81 bits per heavy atom. The number of nitriles is 1. The van der Waals surface area contributed by atoms with Crippen molar-refractivity contribution < 1.29 is 14.3 Å². The van der Waals surface area contributed by atoms with Crippen LogP contribution in [0.4, 0.5) is 14.9 Å². The molecule has 84 valence electrons. The van der Waals surface area contributed by atoms with Gasteiger partial charge in [-0.3, -0.25) is 4.90 Å². The second-order valence-electron chi connectivity index (χ2n) is 2.94. The zero-order valence-electron chi connectivity index (χ0n) is 8.15. The molecule has 0 radical (unpaired) electrons. The molecule has 0 saturated heterocycles. The molecule has 0 aliphatic carbocycles. The molecule has 0 bridgehead atoms. The largest absolute Gasteiger partial charge is 0.465 e. The van der Waals surface area contributed by atoms with E-state index in [1.54, 1.807) is 0 Å². The van der Waals surface area contributed by atoms with E-state index in [-0.39, 0.29) is 23.7 Å². The van der Waals surface area contributed by atoms with E-state index in [0.717, 1.165) is 11.0 Å². The molecule has 0 saturated carbocycles. The third kappa shape index (κ3) is 2.84. The minimum atomic E-state index is -1.21. The first-order valence-electron chi connectivity index (χ1n) is 4.38. The van der Waals surface area contributed by atoms with Gasteiger partial charge in [-0.15, -0.1) is 0 Å². The van der Waals surface area contributed by atoms with E-state index in [2.05, 4.69) is 0 Å². The number of benzene rings is 1. The first-order valence-corrected chi connectivity index (χ1v) is 4.76. The zero-order chi connectivity index (χ0) is 12.1. The second-order valence-corrected chi connectivity index (χ2v) is 3.35. The van der Waals surface area contributed by atoms with Gasteiger partial charge in [0, 0.05) is 12.2 Å². The summed E-state index contributed by atoms with van der Waals surface area (Å²) >= 11 is 5.54. The Labute approximate surface area is 96.5 Å². The Morgan fingerprint density at radius 2 is 2.31 bits per heavy atom. The third-order valence-corrected chi connectivity index (χ3v) is 2.18. The van der Waals surface area contributed by atoms with Crippen molar-refractivity contribution in [2.24, 2.45) is 0 Å². The summed E-state index contributed by atoms with van der Waals surface area (Å²) in [6.07, 6.45) is -1.15. The van der Waals surface area contributed by atoms with Crippen LogP contribution in [-0.2, 0) is 0 Å². The predicted octanol–water partition coefficient (Wildman–Crippen LogP) is 2.88. The van der Waals surface area contributed by atoms with E-state index < -0.39 is 11.9 Å². The molecule has 1 rings (SSSR count). The van der Waals surface area contributed by atoms with Gasteiger partial charge in [-0.25, -0.2) is 9.18 Å². The Kier molecular flexibility index (Phi) is 4.09. The van der Waals surface area contributed by atoms with E-state index in [0.29, 0.717) is 0 Å². The maximum absolute atomic E-state index is 12.9. The van der Waals surface area contributed by atoms with Gasteiger partial charge in [0.25, 0.3) is 0 Å². The van der Waals surface area contributed by atoms with Gasteiger partial charge in [0.15, 0.2) is 0 Å². The summed E-state index contributed by atoms with van der Waals surface area (Å²) in [7, 11) is 0. The summed E-state index contributed by atoms with van der Waals surface area (Å²) in [5.41, 5.74) is 0.245. The molecule has 0 aliphatic heterocycles. The molecule has 0 spiro atoms. The lowest BCUT2D eigenvalue weighted by atomic mass is 10.2. The van der Waals surface area contributed by atoms with Crippen LogP contribution in [0.5, 0.6) is 0 Å². The van der Waals surface area contributed by atoms with Crippen molar-refractivity contribution in [2.45, 2.75) is 6.42 Å². The van der Waals surface area contributed by atoms with Gasteiger partial charge in [0.2, 0.25) is 0 Å². The topological polar surface area (TPSA) is 64.3 Å². The Hall–Kier alpha value is -1.80. The van der Waals surface area contributed by atoms with Gasteiger partial charge in [-0.2, -0.15) is 5.26 Å². The number of hydrogen-bond donors (Lipinski definition) is 1. The van der Waals surface area contributed by atoms with Gasteiger partial charge in [-0.05, 0) is 18.2 Å². The van der Waals surface area contributed by atoms with Gasteiger partial charge in [-0.1, -0.05) is 11.6 Å². The second kappa shape index (κ2) is 5.33. The van der Waals surface area contributed by atoms with Crippen molar-refractivity contribution in [3.8, 4) is 6.07 Å². The number of halogens is 2. The fourth-order valence-corrected chi connectivity index (χ4v) is 1.32. The van der Waals surface area contributed by atoms with E-state index in [9.17, 15) is 9.18 Å². The summed E-state index contributed by atoms with van der Waals surface area (Å²) in [5, 5.41) is 17.1. The Bertz CT molecular complexity index is 445. The van der Waals surface area contributed by atoms with Gasteiger partial charge in [0.1, 0.15) is 5.82 Å². The van der Waals surface area contributed by atoms with Crippen LogP contribution in [0.2, 0.25) is 5.02 Å². The van der Waals surface area contributed by atoms with Crippen LogP contribution in [0.15, 0.2) is 18.2 Å². The molecule has 0 heterocycles. The quantitative estimate of drug-likeness (QED) is 0.886. The lowest BCUT2D eigenvalue weighted by molar-refractivity contribution is 0.202. The van der Waals surface area contributed by atoms with Crippen molar-refractivity contribution >= 4 is 23.4 Å². The molecule has 1 amide bonds. The van der Waals surface area contributed by atoms with Crippen LogP contribution in [0, 0.1) is 17.1 Å².